The molecule has 1 atom stereocenters. The number of nitrogens with one attached hydrogen (secondary N) is 1. The van der Waals surface area contributed by atoms with Crippen molar-refractivity contribution in [2.45, 2.75) is 32.5 Å². The summed E-state index contributed by atoms with van der Waals surface area (Å²) in [4.78, 5) is 12.1. The van der Waals surface area contributed by atoms with Gasteiger partial charge in [-0.3, -0.25) is 4.79 Å². The highest BCUT2D eigenvalue weighted by atomic mass is 79.9. The third-order valence-corrected chi connectivity index (χ3v) is 6.05. The van der Waals surface area contributed by atoms with Gasteiger partial charge < -0.3 is 14.6 Å². The number of nitrogens with zero attached hydrogens (tertiary/aromatic N) is 1. The number of hydrogen-bond acceptors (Lipinski definition) is 5. The molecule has 178 valence electrons. The molecule has 1 amide bonds. The highest BCUT2D eigenvalue weighted by Crippen LogP contribution is 2.35. The number of carbonyl (C=O) groups is 1. The summed E-state index contributed by atoms with van der Waals surface area (Å²) in [5.74, 6) is 1.16. The minimum absolute atomic E-state index is 0.144. The normalized spacial score (nSPS) is 11.9. The summed E-state index contributed by atoms with van der Waals surface area (Å²) < 4.78 is 12.9. The number of hydrogen-bond donors (Lipinski definition) is 2. The van der Waals surface area contributed by atoms with Gasteiger partial charge >= 0.3 is 0 Å². The molecule has 34 heavy (non-hydrogen) atoms. The highest BCUT2D eigenvalue weighted by molar-refractivity contribution is 9.11. The Labute approximate surface area is 216 Å². The van der Waals surface area contributed by atoms with E-state index in [1.807, 2.05) is 49.4 Å². The summed E-state index contributed by atoms with van der Waals surface area (Å²) in [6, 6.07) is 20.8. The van der Waals surface area contributed by atoms with Gasteiger partial charge in [0.1, 0.15) is 18.1 Å². The van der Waals surface area contributed by atoms with Crippen LogP contribution in [-0.2, 0) is 11.4 Å². The molecule has 0 aliphatic carbocycles. The summed E-state index contributed by atoms with van der Waals surface area (Å²) >= 11 is 7.06. The topological polar surface area (TPSA) is 80.2 Å². The molecule has 8 heteroatoms. The molecule has 0 heterocycles. The first kappa shape index (κ1) is 25.9. The summed E-state index contributed by atoms with van der Waals surface area (Å²) in [7, 11) is 0. The van der Waals surface area contributed by atoms with Crippen molar-refractivity contribution in [3.63, 3.8) is 0 Å². The van der Waals surface area contributed by atoms with E-state index in [1.165, 1.54) is 0 Å². The predicted octanol–water partition coefficient (Wildman–Crippen LogP) is 6.15. The molecule has 0 aliphatic rings. The van der Waals surface area contributed by atoms with Crippen molar-refractivity contribution in [3.8, 4) is 11.5 Å². The first-order valence-electron chi connectivity index (χ1n) is 10.8. The molecule has 3 aromatic carbocycles. The number of ether oxygens (including phenoxy) is 2. The average Bonchev–Trinajstić information content (AvgIpc) is 2.83. The van der Waals surface area contributed by atoms with Crippen molar-refractivity contribution in [2.24, 2.45) is 5.10 Å². The van der Waals surface area contributed by atoms with Crippen molar-refractivity contribution in [2.75, 3.05) is 6.61 Å². The first-order valence-corrected chi connectivity index (χ1v) is 12.4. The van der Waals surface area contributed by atoms with Crippen LogP contribution in [0.3, 0.4) is 0 Å². The van der Waals surface area contributed by atoms with Gasteiger partial charge in [0.05, 0.1) is 27.9 Å². The minimum atomic E-state index is -0.735. The van der Waals surface area contributed by atoms with E-state index in [0.29, 0.717) is 25.4 Å². The van der Waals surface area contributed by atoms with Gasteiger partial charge in [0.25, 0.3) is 0 Å². The smallest absolute Gasteiger partial charge is 0.240 e. The van der Waals surface area contributed by atoms with Gasteiger partial charge in [-0.05, 0) is 86.2 Å². The van der Waals surface area contributed by atoms with Crippen LogP contribution in [0.4, 0.5) is 0 Å². The van der Waals surface area contributed by atoms with Crippen LogP contribution in [0.25, 0.3) is 0 Å². The Morgan fingerprint density at radius 2 is 1.74 bits per heavy atom. The summed E-state index contributed by atoms with van der Waals surface area (Å²) in [5.41, 5.74) is 5.09. The van der Waals surface area contributed by atoms with Crippen LogP contribution < -0.4 is 14.9 Å². The van der Waals surface area contributed by atoms with Gasteiger partial charge in [-0.25, -0.2) is 5.43 Å². The zero-order chi connectivity index (χ0) is 24.3. The molecule has 0 bridgehead atoms. The SMILES string of the molecule is CCOc1ccc([C@@H](O)CCC(=O)N/N=C\c2cc(Br)c(OCc3ccccc3)c(Br)c2)cc1. The third kappa shape index (κ3) is 7.97. The first-order chi connectivity index (χ1) is 16.5. The molecule has 0 unspecified atom stereocenters. The van der Waals surface area contributed by atoms with E-state index in [-0.39, 0.29) is 12.3 Å². The van der Waals surface area contributed by atoms with Crippen molar-refractivity contribution in [3.05, 3.63) is 92.4 Å². The van der Waals surface area contributed by atoms with Crippen molar-refractivity contribution < 1.29 is 19.4 Å². The van der Waals surface area contributed by atoms with Crippen molar-refractivity contribution in [1.82, 2.24) is 5.43 Å². The maximum Gasteiger partial charge on any atom is 0.240 e. The van der Waals surface area contributed by atoms with Gasteiger partial charge in [0.2, 0.25) is 5.91 Å². The number of hydrazone groups is 1. The largest absolute Gasteiger partial charge is 0.494 e. The van der Waals surface area contributed by atoms with Crippen LogP contribution in [0.2, 0.25) is 0 Å². The second-order valence-electron chi connectivity index (χ2n) is 7.44. The van der Waals surface area contributed by atoms with Crippen LogP contribution in [0.15, 0.2) is 80.8 Å². The number of rotatable bonds is 11. The molecule has 0 spiro atoms. The van der Waals surface area contributed by atoms with Crippen LogP contribution in [0.5, 0.6) is 11.5 Å². The molecular weight excluding hydrogens is 564 g/mol. The Balaban J connectivity index is 1.47. The van der Waals surface area contributed by atoms with Gasteiger partial charge in [-0.1, -0.05) is 42.5 Å². The summed E-state index contributed by atoms with van der Waals surface area (Å²) in [6.45, 7) is 2.95. The van der Waals surface area contributed by atoms with E-state index < -0.39 is 6.10 Å². The Hall–Kier alpha value is -2.68. The maximum atomic E-state index is 12.1. The number of benzene rings is 3. The highest BCUT2D eigenvalue weighted by Gasteiger charge is 2.11. The number of aliphatic hydroxyl groups is 1. The van der Waals surface area contributed by atoms with Gasteiger partial charge in [0.15, 0.2) is 0 Å². The molecule has 3 aromatic rings. The van der Waals surface area contributed by atoms with E-state index in [1.54, 1.807) is 30.5 Å². The fraction of sp³-hybridized carbons (Fsp3) is 0.231. The minimum Gasteiger partial charge on any atom is -0.494 e. The van der Waals surface area contributed by atoms with E-state index in [0.717, 1.165) is 31.4 Å². The molecular formula is C26H26Br2N2O4. The fourth-order valence-corrected chi connectivity index (χ4v) is 4.59. The fourth-order valence-electron chi connectivity index (χ4n) is 3.14. The van der Waals surface area contributed by atoms with E-state index in [9.17, 15) is 9.90 Å². The lowest BCUT2D eigenvalue weighted by Gasteiger charge is -2.12. The molecule has 0 radical (unpaired) electrons. The molecule has 0 aromatic heterocycles. The lowest BCUT2D eigenvalue weighted by atomic mass is 10.0. The van der Waals surface area contributed by atoms with E-state index in [4.69, 9.17) is 9.47 Å². The van der Waals surface area contributed by atoms with E-state index >= 15 is 0 Å². The lowest BCUT2D eigenvalue weighted by molar-refractivity contribution is -0.121. The van der Waals surface area contributed by atoms with Crippen LogP contribution >= 0.6 is 31.9 Å². The maximum absolute atomic E-state index is 12.1. The molecule has 3 rings (SSSR count). The van der Waals surface area contributed by atoms with Crippen LogP contribution in [0.1, 0.15) is 42.6 Å². The van der Waals surface area contributed by atoms with E-state index in [2.05, 4.69) is 42.4 Å². The number of aliphatic hydroxyl groups excluding tert-OH is 1. The molecule has 0 aliphatic heterocycles. The standard InChI is InChI=1S/C26H26Br2N2O4/c1-2-33-21-10-8-20(9-11-21)24(31)12-13-25(32)30-29-16-19-14-22(27)26(23(28)15-19)34-17-18-6-4-3-5-7-18/h3-11,14-16,24,31H,2,12-13,17H2,1H3,(H,30,32)/b29-16-/t24-/m0/s1. The molecule has 0 fully saturated rings. The summed E-state index contributed by atoms with van der Waals surface area (Å²) in [5, 5.41) is 14.3. The monoisotopic (exact) mass is 588 g/mol. The second kappa shape index (κ2) is 13.3. The van der Waals surface area contributed by atoms with Crippen molar-refractivity contribution >= 4 is 44.0 Å². The zero-order valence-electron chi connectivity index (χ0n) is 18.7. The van der Waals surface area contributed by atoms with Crippen molar-refractivity contribution in [1.29, 1.82) is 0 Å². The quantitative estimate of drug-likeness (QED) is 0.207. The van der Waals surface area contributed by atoms with Gasteiger partial charge in [-0.2, -0.15) is 5.10 Å². The lowest BCUT2D eigenvalue weighted by Crippen LogP contribution is -2.18. The molecule has 0 saturated carbocycles. The summed E-state index contributed by atoms with van der Waals surface area (Å²) in [6.07, 6.45) is 1.25. The Morgan fingerprint density at radius 1 is 1.06 bits per heavy atom. The second-order valence-corrected chi connectivity index (χ2v) is 9.15. The average molecular weight is 590 g/mol. The van der Waals surface area contributed by atoms with Crippen LogP contribution in [-0.4, -0.2) is 23.8 Å². The molecule has 0 saturated heterocycles. The molecule has 2 N–H and O–H groups in total. The van der Waals surface area contributed by atoms with Crippen LogP contribution in [0, 0.1) is 0 Å². The van der Waals surface area contributed by atoms with Gasteiger partial charge in [0, 0.05) is 6.42 Å². The Morgan fingerprint density at radius 3 is 2.38 bits per heavy atom. The Kier molecular flexibility index (Phi) is 10.1. The molecule has 6 nitrogen and oxygen atoms in total. The predicted molar refractivity (Wildman–Crippen MR) is 140 cm³/mol. The number of amides is 1. The Bertz CT molecular complexity index is 1080. The number of carbonyl (C=O) groups excluding carboxylic acids is 1. The number of halogens is 2. The zero-order valence-corrected chi connectivity index (χ0v) is 21.9. The van der Waals surface area contributed by atoms with Gasteiger partial charge in [-0.15, -0.1) is 0 Å². The third-order valence-electron chi connectivity index (χ3n) is 4.87.